The zero-order chi connectivity index (χ0) is 38.2. The molecule has 0 aliphatic rings. The summed E-state index contributed by atoms with van der Waals surface area (Å²) in [6.07, 6.45) is 0. The summed E-state index contributed by atoms with van der Waals surface area (Å²) in [6.45, 7) is 0. The van der Waals surface area contributed by atoms with Crippen LogP contribution in [0, 0.1) is 0 Å². The van der Waals surface area contributed by atoms with Gasteiger partial charge in [-0.2, -0.15) is 0 Å². The first-order chi connectivity index (χ1) is 28.7. The molecule has 12 aromatic rings. The molecule has 0 saturated heterocycles. The van der Waals surface area contributed by atoms with Crippen molar-refractivity contribution in [3.05, 3.63) is 194 Å². The maximum Gasteiger partial charge on any atom is 0.137 e. The average molecular weight is 761 g/mol. The minimum Gasteiger partial charge on any atom is -0.456 e. The summed E-state index contributed by atoms with van der Waals surface area (Å²) >= 11 is 1.72. The summed E-state index contributed by atoms with van der Waals surface area (Å²) < 4.78 is 13.9. The van der Waals surface area contributed by atoms with E-state index in [0.29, 0.717) is 0 Å². The first kappa shape index (κ1) is 32.7. The van der Waals surface area contributed by atoms with Crippen LogP contribution in [0.25, 0.3) is 97.7 Å². The third-order valence-electron chi connectivity index (χ3n) is 11.3. The number of nitrogens with zero attached hydrogens (tertiary/aromatic N) is 2. The highest BCUT2D eigenvalue weighted by molar-refractivity contribution is 7.21. The van der Waals surface area contributed by atoms with Crippen LogP contribution in [0.3, 0.4) is 0 Å². The highest BCUT2D eigenvalue weighted by atomic mass is 32.1. The summed E-state index contributed by atoms with van der Waals surface area (Å²) in [5, 5.41) is 7.84. The monoisotopic (exact) mass is 760 g/mol. The molecule has 0 fully saturated rings. The van der Waals surface area contributed by atoms with Crippen molar-refractivity contribution in [1.29, 1.82) is 0 Å². The van der Waals surface area contributed by atoms with Crippen LogP contribution in [0.5, 0.6) is 0 Å². The number of anilines is 3. The predicted molar refractivity (Wildman–Crippen MR) is 243 cm³/mol. The lowest BCUT2D eigenvalue weighted by Crippen LogP contribution is -2.09. The average Bonchev–Trinajstić information content (AvgIpc) is 4.00. The van der Waals surface area contributed by atoms with Gasteiger partial charge < -0.3 is 13.7 Å². The zero-order valence-corrected chi connectivity index (χ0v) is 31.9. The lowest BCUT2D eigenvalue weighted by molar-refractivity contribution is 0.668. The maximum atomic E-state index is 6.49. The van der Waals surface area contributed by atoms with Crippen molar-refractivity contribution in [3.8, 4) is 32.8 Å². The topological polar surface area (TPSA) is 42.4 Å². The third kappa shape index (κ3) is 5.32. The van der Waals surface area contributed by atoms with E-state index >= 15 is 0 Å². The second-order valence-electron chi connectivity index (χ2n) is 14.7. The minimum atomic E-state index is 0.851. The standard InChI is InChI=1S/C53H32N2O2S/c1-2-10-36(11-3-1)53-54-52-50(58-53)30-29-48-51(52)44-27-21-37(31-49(44)57-48)33-17-22-38(23-18-33)55(40-26-28-47-45(32-40)43-14-6-7-16-46(43)56-47)39-24-19-35(20-25-39)42-15-8-12-34-9-4-5-13-41(34)42/h1-32H. The van der Waals surface area contributed by atoms with Gasteiger partial charge in [-0.3, -0.25) is 0 Å². The van der Waals surface area contributed by atoms with Gasteiger partial charge in [-0.1, -0.05) is 121 Å². The lowest BCUT2D eigenvalue weighted by atomic mass is 9.98. The first-order valence-corrected chi connectivity index (χ1v) is 20.2. The number of hydrogen-bond acceptors (Lipinski definition) is 5. The second-order valence-corrected chi connectivity index (χ2v) is 15.7. The van der Waals surface area contributed by atoms with E-state index < -0.39 is 0 Å². The Kier molecular flexibility index (Phi) is 7.37. The van der Waals surface area contributed by atoms with Crippen molar-refractivity contribution in [3.63, 3.8) is 0 Å². The van der Waals surface area contributed by atoms with Gasteiger partial charge in [0.1, 0.15) is 27.3 Å². The number of rotatable bonds is 6. The molecule has 3 aromatic heterocycles. The van der Waals surface area contributed by atoms with Crippen molar-refractivity contribution in [2.24, 2.45) is 0 Å². The number of benzene rings is 9. The fraction of sp³-hybridized carbons (Fsp3) is 0. The van der Waals surface area contributed by atoms with Crippen molar-refractivity contribution < 1.29 is 8.83 Å². The Morgan fingerprint density at radius 2 is 1.05 bits per heavy atom. The van der Waals surface area contributed by atoms with E-state index in [1.165, 1.54) is 21.9 Å². The Morgan fingerprint density at radius 3 is 1.90 bits per heavy atom. The fourth-order valence-corrected chi connectivity index (χ4v) is 9.49. The molecular weight excluding hydrogens is 729 g/mol. The van der Waals surface area contributed by atoms with E-state index in [2.05, 4.69) is 181 Å². The van der Waals surface area contributed by atoms with E-state index in [-0.39, 0.29) is 0 Å². The summed E-state index contributed by atoms with van der Waals surface area (Å²) in [4.78, 5) is 7.42. The van der Waals surface area contributed by atoms with Gasteiger partial charge in [0.15, 0.2) is 0 Å². The van der Waals surface area contributed by atoms with Crippen LogP contribution in [0.2, 0.25) is 0 Å². The number of fused-ring (bicyclic) bond motifs is 9. The molecule has 0 atom stereocenters. The van der Waals surface area contributed by atoms with Crippen LogP contribution in [-0.4, -0.2) is 4.98 Å². The largest absolute Gasteiger partial charge is 0.456 e. The Labute approximate surface area is 337 Å². The number of hydrogen-bond donors (Lipinski definition) is 0. The van der Waals surface area contributed by atoms with Crippen LogP contribution in [-0.2, 0) is 0 Å². The predicted octanol–water partition coefficient (Wildman–Crippen LogP) is 15.7. The molecule has 3 heterocycles. The Morgan fingerprint density at radius 1 is 0.397 bits per heavy atom. The van der Waals surface area contributed by atoms with E-state index in [1.807, 2.05) is 18.2 Å². The Bertz CT molecular complexity index is 3500. The molecule has 0 aliphatic carbocycles. The van der Waals surface area contributed by atoms with Gasteiger partial charge in [-0.25, -0.2) is 4.98 Å². The van der Waals surface area contributed by atoms with Gasteiger partial charge in [0.05, 0.1) is 15.6 Å². The van der Waals surface area contributed by atoms with Crippen molar-refractivity contribution in [2.75, 3.05) is 4.90 Å². The Hall–Kier alpha value is -7.47. The van der Waals surface area contributed by atoms with Gasteiger partial charge in [-0.05, 0) is 106 Å². The van der Waals surface area contributed by atoms with Crippen LogP contribution in [0.4, 0.5) is 17.1 Å². The molecule has 0 bridgehead atoms. The lowest BCUT2D eigenvalue weighted by Gasteiger charge is -2.26. The van der Waals surface area contributed by atoms with Crippen LogP contribution in [0.15, 0.2) is 203 Å². The molecular formula is C53H32N2O2S. The molecule has 4 nitrogen and oxygen atoms in total. The maximum absolute atomic E-state index is 6.49. The molecule has 272 valence electrons. The second kappa shape index (κ2) is 13.1. The van der Waals surface area contributed by atoms with Crippen molar-refractivity contribution in [2.45, 2.75) is 0 Å². The molecule has 0 N–H and O–H groups in total. The fourth-order valence-electron chi connectivity index (χ4n) is 8.51. The van der Waals surface area contributed by atoms with Gasteiger partial charge in [0, 0.05) is 38.8 Å². The van der Waals surface area contributed by atoms with Gasteiger partial charge in [0.2, 0.25) is 0 Å². The highest BCUT2D eigenvalue weighted by Gasteiger charge is 2.18. The molecule has 58 heavy (non-hydrogen) atoms. The van der Waals surface area contributed by atoms with Crippen molar-refractivity contribution in [1.82, 2.24) is 4.98 Å². The van der Waals surface area contributed by atoms with E-state index in [1.54, 1.807) is 11.3 Å². The van der Waals surface area contributed by atoms with Crippen molar-refractivity contribution >= 4 is 93.3 Å². The van der Waals surface area contributed by atoms with E-state index in [9.17, 15) is 0 Å². The summed E-state index contributed by atoms with van der Waals surface area (Å²) in [6, 6.07) is 68.6. The summed E-state index contributed by atoms with van der Waals surface area (Å²) in [5.74, 6) is 0. The number of thiazole rings is 1. The number of para-hydroxylation sites is 1. The molecule has 0 radical (unpaired) electrons. The normalized spacial score (nSPS) is 11.8. The first-order valence-electron chi connectivity index (χ1n) is 19.4. The van der Waals surface area contributed by atoms with Gasteiger partial charge in [0.25, 0.3) is 0 Å². The number of aromatic nitrogens is 1. The molecule has 0 spiro atoms. The summed E-state index contributed by atoms with van der Waals surface area (Å²) in [5.41, 5.74) is 13.4. The van der Waals surface area contributed by atoms with Crippen LogP contribution >= 0.6 is 11.3 Å². The van der Waals surface area contributed by atoms with E-state index in [4.69, 9.17) is 13.8 Å². The van der Waals surface area contributed by atoms with E-state index in [0.717, 1.165) is 92.9 Å². The summed E-state index contributed by atoms with van der Waals surface area (Å²) in [7, 11) is 0. The SMILES string of the molecule is c1ccc(-c2nc3c(ccc4oc5cc(-c6ccc(N(c7ccc(-c8cccc9ccccc89)cc7)c7ccc8oc9ccccc9c8c7)cc6)ccc5c43)s2)cc1. The molecule has 12 rings (SSSR count). The van der Waals surface area contributed by atoms with Gasteiger partial charge >= 0.3 is 0 Å². The van der Waals surface area contributed by atoms with Crippen LogP contribution in [0.1, 0.15) is 0 Å². The molecule has 0 amide bonds. The van der Waals surface area contributed by atoms with Crippen LogP contribution < -0.4 is 4.90 Å². The zero-order valence-electron chi connectivity index (χ0n) is 31.1. The molecule has 0 aliphatic heterocycles. The molecule has 0 unspecified atom stereocenters. The quantitative estimate of drug-likeness (QED) is 0.169. The highest BCUT2D eigenvalue weighted by Crippen LogP contribution is 2.42. The Balaban J connectivity index is 0.936. The van der Waals surface area contributed by atoms with Gasteiger partial charge in [-0.15, -0.1) is 11.3 Å². The smallest absolute Gasteiger partial charge is 0.137 e. The minimum absolute atomic E-state index is 0.851. The molecule has 5 heteroatoms. The third-order valence-corrected chi connectivity index (χ3v) is 12.4. The molecule has 0 saturated carbocycles. The molecule has 9 aromatic carbocycles. The number of furan rings is 2.